The van der Waals surface area contributed by atoms with Crippen LogP contribution in [-0.4, -0.2) is 53.2 Å². The van der Waals surface area contributed by atoms with E-state index in [1.54, 1.807) is 0 Å². The molecule has 1 saturated carbocycles. The van der Waals surface area contributed by atoms with Gasteiger partial charge < -0.3 is 20.1 Å². The summed E-state index contributed by atoms with van der Waals surface area (Å²) in [6.45, 7) is 8.66. The number of carboxylic acids is 1. The van der Waals surface area contributed by atoms with Crippen LogP contribution in [0.1, 0.15) is 72.6 Å². The number of piperidine rings is 1. The lowest BCUT2D eigenvalue weighted by molar-refractivity contribution is -0.156. The van der Waals surface area contributed by atoms with Crippen molar-refractivity contribution in [2.24, 2.45) is 17.3 Å². The van der Waals surface area contributed by atoms with Gasteiger partial charge in [-0.25, -0.2) is 9.59 Å². The fraction of sp³-hybridized carbons (Fsp3) is 0.857. The van der Waals surface area contributed by atoms with Crippen molar-refractivity contribution in [1.82, 2.24) is 10.2 Å². The molecule has 1 aliphatic heterocycles. The second-order valence-corrected chi connectivity index (χ2v) is 9.54. The standard InChI is InChI=1S/C21H36N2O5/c1-14(2)12-28-20(27)22-17(15-8-6-5-7-9-15)18(24)23-13-21(3,4)11-10-16(23)19(25)26/h14-17H,5-13H2,1-4H3,(H,22,27)(H,25,26)/t16-,17?/m0/s1. The maximum absolute atomic E-state index is 13.5. The summed E-state index contributed by atoms with van der Waals surface area (Å²) < 4.78 is 5.24. The molecule has 7 heteroatoms. The molecule has 1 saturated heterocycles. The number of likely N-dealkylation sites (tertiary alicyclic amines) is 1. The van der Waals surface area contributed by atoms with Gasteiger partial charge in [0.25, 0.3) is 0 Å². The van der Waals surface area contributed by atoms with Crippen LogP contribution in [0.15, 0.2) is 0 Å². The second-order valence-electron chi connectivity index (χ2n) is 9.54. The average molecular weight is 397 g/mol. The molecule has 28 heavy (non-hydrogen) atoms. The summed E-state index contributed by atoms with van der Waals surface area (Å²) in [5.41, 5.74) is -0.142. The normalized spacial score (nSPS) is 23.9. The number of nitrogens with one attached hydrogen (secondary N) is 1. The highest BCUT2D eigenvalue weighted by Gasteiger charge is 2.43. The fourth-order valence-corrected chi connectivity index (χ4v) is 4.26. The van der Waals surface area contributed by atoms with E-state index >= 15 is 0 Å². The zero-order chi connectivity index (χ0) is 20.9. The second kappa shape index (κ2) is 9.61. The van der Waals surface area contributed by atoms with E-state index in [9.17, 15) is 19.5 Å². The van der Waals surface area contributed by atoms with E-state index in [0.717, 1.165) is 38.5 Å². The van der Waals surface area contributed by atoms with Gasteiger partial charge in [0.1, 0.15) is 12.1 Å². The van der Waals surface area contributed by atoms with Crippen molar-refractivity contribution in [1.29, 1.82) is 0 Å². The van der Waals surface area contributed by atoms with E-state index in [2.05, 4.69) is 5.32 Å². The smallest absolute Gasteiger partial charge is 0.407 e. The summed E-state index contributed by atoms with van der Waals surface area (Å²) >= 11 is 0. The fourth-order valence-electron chi connectivity index (χ4n) is 4.26. The molecule has 1 heterocycles. The van der Waals surface area contributed by atoms with Crippen LogP contribution in [0.25, 0.3) is 0 Å². The number of alkyl carbamates (subject to hydrolysis) is 1. The van der Waals surface area contributed by atoms with Crippen molar-refractivity contribution < 1.29 is 24.2 Å². The Bertz CT molecular complexity index is 569. The van der Waals surface area contributed by atoms with Crippen LogP contribution in [0.4, 0.5) is 4.79 Å². The van der Waals surface area contributed by atoms with Gasteiger partial charge in [-0.2, -0.15) is 0 Å². The lowest BCUT2D eigenvalue weighted by atomic mass is 9.79. The minimum absolute atomic E-state index is 0.0207. The van der Waals surface area contributed by atoms with Crippen molar-refractivity contribution in [3.05, 3.63) is 0 Å². The van der Waals surface area contributed by atoms with Crippen LogP contribution in [-0.2, 0) is 14.3 Å². The van der Waals surface area contributed by atoms with Gasteiger partial charge in [0.2, 0.25) is 5.91 Å². The SMILES string of the molecule is CC(C)COC(=O)NC(C(=O)N1CC(C)(C)CC[C@H]1C(=O)O)C1CCCCC1. The molecule has 0 radical (unpaired) electrons. The lowest BCUT2D eigenvalue weighted by Gasteiger charge is -2.44. The van der Waals surface area contributed by atoms with Crippen LogP contribution in [0, 0.1) is 17.3 Å². The van der Waals surface area contributed by atoms with Gasteiger partial charge in [0.15, 0.2) is 0 Å². The predicted molar refractivity (Wildman–Crippen MR) is 106 cm³/mol. The van der Waals surface area contributed by atoms with E-state index < -0.39 is 24.1 Å². The number of amides is 2. The molecule has 160 valence electrons. The van der Waals surface area contributed by atoms with Crippen LogP contribution in [0.3, 0.4) is 0 Å². The van der Waals surface area contributed by atoms with Crippen LogP contribution in [0.2, 0.25) is 0 Å². The molecule has 0 aromatic rings. The Hall–Kier alpha value is -1.79. The quantitative estimate of drug-likeness (QED) is 0.717. The molecule has 0 aromatic carbocycles. The number of carbonyl (C=O) groups excluding carboxylic acids is 2. The number of rotatable bonds is 6. The Morgan fingerprint density at radius 1 is 1.14 bits per heavy atom. The molecule has 0 aromatic heterocycles. The molecule has 0 spiro atoms. The topological polar surface area (TPSA) is 95.9 Å². The molecule has 2 aliphatic rings. The van der Waals surface area contributed by atoms with Gasteiger partial charge in [-0.3, -0.25) is 4.79 Å². The molecule has 7 nitrogen and oxygen atoms in total. The van der Waals surface area contributed by atoms with Gasteiger partial charge in [-0.15, -0.1) is 0 Å². The molecule has 1 unspecified atom stereocenters. The first-order chi connectivity index (χ1) is 13.1. The molecule has 2 atom stereocenters. The highest BCUT2D eigenvalue weighted by Crippen LogP contribution is 2.34. The first-order valence-electron chi connectivity index (χ1n) is 10.6. The molecule has 2 N–H and O–H groups in total. The molecular weight excluding hydrogens is 360 g/mol. The third-order valence-corrected chi connectivity index (χ3v) is 5.85. The van der Waals surface area contributed by atoms with Crippen LogP contribution in [0.5, 0.6) is 0 Å². The molecular formula is C21H36N2O5. The summed E-state index contributed by atoms with van der Waals surface area (Å²) in [5, 5.41) is 12.4. The van der Waals surface area contributed by atoms with Gasteiger partial charge >= 0.3 is 12.1 Å². The minimum Gasteiger partial charge on any atom is -0.480 e. The van der Waals surface area contributed by atoms with E-state index in [1.807, 2.05) is 27.7 Å². The zero-order valence-corrected chi connectivity index (χ0v) is 17.7. The summed E-state index contributed by atoms with van der Waals surface area (Å²) in [6, 6.07) is -1.56. The molecule has 2 amide bonds. The third kappa shape index (κ3) is 6.11. The first kappa shape index (κ1) is 22.5. The Morgan fingerprint density at radius 3 is 2.36 bits per heavy atom. The number of aliphatic carboxylic acids is 1. The summed E-state index contributed by atoms with van der Waals surface area (Å²) in [4.78, 5) is 39.0. The zero-order valence-electron chi connectivity index (χ0n) is 17.7. The molecule has 0 bridgehead atoms. The lowest BCUT2D eigenvalue weighted by Crippen LogP contribution is -2.60. The Labute approximate surface area is 168 Å². The Morgan fingerprint density at radius 2 is 1.79 bits per heavy atom. The number of carbonyl (C=O) groups is 3. The molecule has 2 rings (SSSR count). The van der Waals surface area contributed by atoms with E-state index in [1.165, 1.54) is 4.90 Å². The predicted octanol–water partition coefficient (Wildman–Crippen LogP) is 3.42. The number of hydrogen-bond donors (Lipinski definition) is 2. The number of hydrogen-bond acceptors (Lipinski definition) is 4. The summed E-state index contributed by atoms with van der Waals surface area (Å²) in [7, 11) is 0. The van der Waals surface area contributed by atoms with Crippen LogP contribution >= 0.6 is 0 Å². The third-order valence-electron chi connectivity index (χ3n) is 5.85. The van der Waals surface area contributed by atoms with Gasteiger partial charge in [-0.1, -0.05) is 47.0 Å². The van der Waals surface area contributed by atoms with E-state index in [4.69, 9.17) is 4.74 Å². The highest BCUT2D eigenvalue weighted by molar-refractivity contribution is 5.89. The van der Waals surface area contributed by atoms with Crippen molar-refractivity contribution >= 4 is 18.0 Å². The van der Waals surface area contributed by atoms with E-state index in [-0.39, 0.29) is 29.8 Å². The largest absolute Gasteiger partial charge is 0.480 e. The highest BCUT2D eigenvalue weighted by atomic mass is 16.5. The number of ether oxygens (including phenoxy) is 1. The first-order valence-corrected chi connectivity index (χ1v) is 10.6. The maximum Gasteiger partial charge on any atom is 0.407 e. The molecule has 1 aliphatic carbocycles. The van der Waals surface area contributed by atoms with E-state index in [0.29, 0.717) is 13.0 Å². The Kier molecular flexibility index (Phi) is 7.72. The van der Waals surface area contributed by atoms with Gasteiger partial charge in [0.05, 0.1) is 6.61 Å². The maximum atomic E-state index is 13.5. The number of nitrogens with zero attached hydrogens (tertiary/aromatic N) is 1. The summed E-state index contributed by atoms with van der Waals surface area (Å²) in [5.74, 6) is -1.04. The van der Waals surface area contributed by atoms with Crippen molar-refractivity contribution in [3.63, 3.8) is 0 Å². The monoisotopic (exact) mass is 396 g/mol. The Balaban J connectivity index is 2.20. The van der Waals surface area contributed by atoms with Crippen molar-refractivity contribution in [2.75, 3.05) is 13.2 Å². The minimum atomic E-state index is -0.978. The number of carboxylic acid groups (broad SMARTS) is 1. The molecule has 2 fully saturated rings. The summed E-state index contributed by atoms with van der Waals surface area (Å²) in [6.07, 6.45) is 5.47. The van der Waals surface area contributed by atoms with Crippen molar-refractivity contribution in [3.8, 4) is 0 Å². The van der Waals surface area contributed by atoms with Crippen LogP contribution < -0.4 is 5.32 Å². The van der Waals surface area contributed by atoms with Crippen molar-refractivity contribution in [2.45, 2.75) is 84.7 Å². The van der Waals surface area contributed by atoms with Gasteiger partial charge in [0, 0.05) is 6.54 Å². The average Bonchev–Trinajstić information content (AvgIpc) is 2.63. The van der Waals surface area contributed by atoms with Gasteiger partial charge in [-0.05, 0) is 42.9 Å².